The standard InChI is InChI=1S/C13H16O4/c1-8-4-6-10(7-5-8)13(3,12(16)17)9(2)11(14)15/h4-7,9H,1-3H3,(H,14,15)(H,16,17)/t9?,13-/m1/s1. The molecule has 17 heavy (non-hydrogen) atoms. The summed E-state index contributed by atoms with van der Waals surface area (Å²) in [5.41, 5.74) is 0.0921. The van der Waals surface area contributed by atoms with Gasteiger partial charge in [0, 0.05) is 0 Å². The van der Waals surface area contributed by atoms with Gasteiger partial charge < -0.3 is 10.2 Å². The van der Waals surface area contributed by atoms with Gasteiger partial charge in [0.15, 0.2) is 0 Å². The summed E-state index contributed by atoms with van der Waals surface area (Å²) in [5, 5.41) is 18.3. The lowest BCUT2D eigenvalue weighted by molar-refractivity contribution is -0.154. The number of aryl methyl sites for hydroxylation is 1. The van der Waals surface area contributed by atoms with Gasteiger partial charge >= 0.3 is 11.9 Å². The van der Waals surface area contributed by atoms with Crippen LogP contribution >= 0.6 is 0 Å². The van der Waals surface area contributed by atoms with Gasteiger partial charge in [0.05, 0.1) is 5.92 Å². The van der Waals surface area contributed by atoms with Gasteiger partial charge in [-0.25, -0.2) is 0 Å². The number of carbonyl (C=O) groups is 2. The van der Waals surface area contributed by atoms with Crippen LogP contribution in [0.2, 0.25) is 0 Å². The molecular weight excluding hydrogens is 220 g/mol. The summed E-state index contributed by atoms with van der Waals surface area (Å²) >= 11 is 0. The summed E-state index contributed by atoms with van der Waals surface area (Å²) in [6.07, 6.45) is 0. The Bertz CT molecular complexity index is 435. The Morgan fingerprint density at radius 1 is 1.18 bits per heavy atom. The second-order valence-corrected chi connectivity index (χ2v) is 4.43. The summed E-state index contributed by atoms with van der Waals surface area (Å²) < 4.78 is 0. The molecule has 4 heteroatoms. The molecule has 0 heterocycles. The fourth-order valence-corrected chi connectivity index (χ4v) is 1.71. The first-order valence-corrected chi connectivity index (χ1v) is 5.33. The van der Waals surface area contributed by atoms with E-state index < -0.39 is 23.3 Å². The minimum Gasteiger partial charge on any atom is -0.481 e. The minimum absolute atomic E-state index is 0.505. The smallest absolute Gasteiger partial charge is 0.314 e. The summed E-state index contributed by atoms with van der Waals surface area (Å²) in [6, 6.07) is 6.90. The van der Waals surface area contributed by atoms with Crippen LogP contribution in [0.25, 0.3) is 0 Å². The Kier molecular flexibility index (Phi) is 3.56. The van der Waals surface area contributed by atoms with Crippen molar-refractivity contribution >= 4 is 11.9 Å². The molecule has 0 aromatic heterocycles. The monoisotopic (exact) mass is 236 g/mol. The van der Waals surface area contributed by atoms with Crippen molar-refractivity contribution in [2.45, 2.75) is 26.2 Å². The lowest BCUT2D eigenvalue weighted by atomic mass is 9.72. The van der Waals surface area contributed by atoms with Gasteiger partial charge in [-0.05, 0) is 19.4 Å². The summed E-state index contributed by atoms with van der Waals surface area (Å²) in [4.78, 5) is 22.4. The molecule has 0 aliphatic heterocycles. The number of hydrogen-bond acceptors (Lipinski definition) is 2. The van der Waals surface area contributed by atoms with Crippen LogP contribution in [0.3, 0.4) is 0 Å². The molecule has 0 aliphatic carbocycles. The molecule has 0 aliphatic rings. The quantitative estimate of drug-likeness (QED) is 0.839. The van der Waals surface area contributed by atoms with Crippen molar-refractivity contribution in [3.8, 4) is 0 Å². The maximum Gasteiger partial charge on any atom is 0.314 e. The van der Waals surface area contributed by atoms with Gasteiger partial charge in [-0.1, -0.05) is 36.8 Å². The maximum absolute atomic E-state index is 11.4. The van der Waals surface area contributed by atoms with E-state index in [1.807, 2.05) is 6.92 Å². The Hall–Kier alpha value is -1.84. The zero-order chi connectivity index (χ0) is 13.2. The molecule has 4 nitrogen and oxygen atoms in total. The largest absolute Gasteiger partial charge is 0.481 e. The third kappa shape index (κ3) is 2.30. The average Bonchev–Trinajstić information content (AvgIpc) is 2.27. The highest BCUT2D eigenvalue weighted by Crippen LogP contribution is 2.33. The van der Waals surface area contributed by atoms with E-state index in [4.69, 9.17) is 5.11 Å². The van der Waals surface area contributed by atoms with Crippen molar-refractivity contribution in [3.63, 3.8) is 0 Å². The van der Waals surface area contributed by atoms with Gasteiger partial charge in [-0.15, -0.1) is 0 Å². The topological polar surface area (TPSA) is 74.6 Å². The van der Waals surface area contributed by atoms with Crippen molar-refractivity contribution in [2.24, 2.45) is 5.92 Å². The molecule has 2 atom stereocenters. The number of hydrogen-bond donors (Lipinski definition) is 2. The molecule has 1 unspecified atom stereocenters. The van der Waals surface area contributed by atoms with E-state index in [0.29, 0.717) is 5.56 Å². The Morgan fingerprint density at radius 2 is 1.65 bits per heavy atom. The molecule has 92 valence electrons. The highest BCUT2D eigenvalue weighted by Gasteiger charge is 2.44. The number of rotatable bonds is 4. The van der Waals surface area contributed by atoms with Crippen LogP contribution in [-0.2, 0) is 15.0 Å². The number of carboxylic acid groups (broad SMARTS) is 2. The molecule has 0 spiro atoms. The highest BCUT2D eigenvalue weighted by atomic mass is 16.4. The van der Waals surface area contributed by atoms with Crippen molar-refractivity contribution in [2.75, 3.05) is 0 Å². The lowest BCUT2D eigenvalue weighted by Crippen LogP contribution is -2.42. The van der Waals surface area contributed by atoms with E-state index in [0.717, 1.165) is 5.56 Å². The fraction of sp³-hybridized carbons (Fsp3) is 0.385. The van der Waals surface area contributed by atoms with E-state index >= 15 is 0 Å². The van der Waals surface area contributed by atoms with E-state index in [1.54, 1.807) is 24.3 Å². The second kappa shape index (κ2) is 4.57. The van der Waals surface area contributed by atoms with Crippen molar-refractivity contribution in [1.29, 1.82) is 0 Å². The molecule has 0 radical (unpaired) electrons. The molecule has 0 amide bonds. The Labute approximate surface area is 99.9 Å². The van der Waals surface area contributed by atoms with Crippen LogP contribution in [0.1, 0.15) is 25.0 Å². The maximum atomic E-state index is 11.4. The SMILES string of the molecule is Cc1ccc([C@](C)(C(=O)O)C(C)C(=O)O)cc1. The van der Waals surface area contributed by atoms with Crippen LogP contribution in [0.15, 0.2) is 24.3 Å². The minimum atomic E-state index is -1.42. The van der Waals surface area contributed by atoms with E-state index in [-0.39, 0.29) is 0 Å². The molecule has 0 fully saturated rings. The molecule has 1 aromatic rings. The van der Waals surface area contributed by atoms with Gasteiger partial charge in [0.2, 0.25) is 0 Å². The molecule has 0 bridgehead atoms. The van der Waals surface area contributed by atoms with Gasteiger partial charge in [-0.3, -0.25) is 9.59 Å². The van der Waals surface area contributed by atoms with Crippen LogP contribution < -0.4 is 0 Å². The van der Waals surface area contributed by atoms with Crippen LogP contribution in [-0.4, -0.2) is 22.2 Å². The van der Waals surface area contributed by atoms with Crippen molar-refractivity contribution in [3.05, 3.63) is 35.4 Å². The fourth-order valence-electron chi connectivity index (χ4n) is 1.71. The first-order valence-electron chi connectivity index (χ1n) is 5.33. The molecule has 0 saturated carbocycles. The molecule has 1 rings (SSSR count). The van der Waals surface area contributed by atoms with Crippen molar-refractivity contribution in [1.82, 2.24) is 0 Å². The van der Waals surface area contributed by atoms with Crippen molar-refractivity contribution < 1.29 is 19.8 Å². The number of carboxylic acids is 2. The predicted octanol–water partition coefficient (Wildman–Crippen LogP) is 2.06. The molecule has 2 N–H and O–H groups in total. The number of benzene rings is 1. The molecule has 0 saturated heterocycles. The second-order valence-electron chi connectivity index (χ2n) is 4.43. The molecule has 1 aromatic carbocycles. The average molecular weight is 236 g/mol. The zero-order valence-electron chi connectivity index (χ0n) is 10.1. The number of aliphatic carboxylic acids is 2. The third-order valence-electron chi connectivity index (χ3n) is 3.33. The summed E-state index contributed by atoms with van der Waals surface area (Å²) in [7, 11) is 0. The van der Waals surface area contributed by atoms with Gasteiger partial charge in [0.25, 0.3) is 0 Å². The highest BCUT2D eigenvalue weighted by molar-refractivity contribution is 5.88. The normalized spacial score (nSPS) is 15.9. The van der Waals surface area contributed by atoms with Gasteiger partial charge in [-0.2, -0.15) is 0 Å². The summed E-state index contributed by atoms with van der Waals surface area (Å²) in [5.74, 6) is -3.24. The van der Waals surface area contributed by atoms with Crippen LogP contribution in [0, 0.1) is 12.8 Å². The predicted molar refractivity (Wildman–Crippen MR) is 63.0 cm³/mol. The molecular formula is C13H16O4. The Morgan fingerprint density at radius 3 is 2.00 bits per heavy atom. The third-order valence-corrected chi connectivity index (χ3v) is 3.33. The van der Waals surface area contributed by atoms with E-state index in [2.05, 4.69) is 0 Å². The lowest BCUT2D eigenvalue weighted by Gasteiger charge is -2.29. The van der Waals surface area contributed by atoms with Crippen LogP contribution in [0.4, 0.5) is 0 Å². The van der Waals surface area contributed by atoms with Crippen LogP contribution in [0.5, 0.6) is 0 Å². The summed E-state index contributed by atoms with van der Waals surface area (Å²) in [6.45, 7) is 4.75. The van der Waals surface area contributed by atoms with Gasteiger partial charge in [0.1, 0.15) is 5.41 Å². The van der Waals surface area contributed by atoms with E-state index in [9.17, 15) is 14.7 Å². The zero-order valence-corrected chi connectivity index (χ0v) is 10.1. The Balaban J connectivity index is 3.30. The van der Waals surface area contributed by atoms with E-state index in [1.165, 1.54) is 13.8 Å². The first kappa shape index (κ1) is 13.2. The first-order chi connectivity index (χ1) is 7.80.